The third-order valence-electron chi connectivity index (χ3n) is 2.40. The van der Waals surface area contributed by atoms with Gasteiger partial charge in [-0.2, -0.15) is 4.98 Å². The molecule has 0 amide bonds. The van der Waals surface area contributed by atoms with E-state index in [1.807, 2.05) is 13.8 Å². The van der Waals surface area contributed by atoms with Crippen LogP contribution in [0.3, 0.4) is 0 Å². The first-order chi connectivity index (χ1) is 8.20. The molecule has 0 aromatic carbocycles. The van der Waals surface area contributed by atoms with Crippen LogP contribution in [0.25, 0.3) is 0 Å². The van der Waals surface area contributed by atoms with Crippen LogP contribution in [0.5, 0.6) is 5.88 Å². The van der Waals surface area contributed by atoms with Crippen LogP contribution in [0.4, 0.5) is 0 Å². The van der Waals surface area contributed by atoms with Gasteiger partial charge in [-0.3, -0.25) is 0 Å². The second-order valence-electron chi connectivity index (χ2n) is 5.12. The first kappa shape index (κ1) is 15.5. The lowest BCUT2D eigenvalue weighted by Crippen LogP contribution is -2.17. The molecule has 1 heterocycles. The molecule has 0 aliphatic carbocycles. The number of hydrogen-bond donors (Lipinski definition) is 0. The second-order valence-corrected chi connectivity index (χ2v) is 9.19. The van der Waals surface area contributed by atoms with E-state index in [2.05, 4.69) is 30.7 Å². The summed E-state index contributed by atoms with van der Waals surface area (Å²) < 4.78 is 11.1. The molecular weight excluding hydrogens is 267 g/mol. The van der Waals surface area contributed by atoms with Crippen molar-refractivity contribution in [3.8, 4) is 5.88 Å². The zero-order valence-corrected chi connectivity index (χ0v) is 13.6. The van der Waals surface area contributed by atoms with Gasteiger partial charge < -0.3 is 9.05 Å². The maximum Gasteiger partial charge on any atom is 0.239 e. The second kappa shape index (κ2) is 5.64. The summed E-state index contributed by atoms with van der Waals surface area (Å²) >= 11 is 5.37. The van der Waals surface area contributed by atoms with Gasteiger partial charge in [0, 0.05) is 30.4 Å². The Balaban J connectivity index is 3.12. The van der Waals surface area contributed by atoms with Crippen molar-refractivity contribution < 1.29 is 9.05 Å². The third kappa shape index (κ3) is 4.01. The van der Waals surface area contributed by atoms with Crippen molar-refractivity contribution in [2.24, 2.45) is 0 Å². The minimum atomic E-state index is -2.25. The Labute approximate surface area is 114 Å². The Bertz CT molecular complexity index is 464. The first-order valence-corrected chi connectivity index (χ1v) is 8.73. The van der Waals surface area contributed by atoms with Gasteiger partial charge in [0.1, 0.15) is 5.82 Å². The van der Waals surface area contributed by atoms with E-state index in [4.69, 9.17) is 20.9 Å². The quantitative estimate of drug-likeness (QED) is 0.794. The minimum Gasteiger partial charge on any atom is -0.425 e. The van der Waals surface area contributed by atoms with E-state index in [9.17, 15) is 0 Å². The standard InChI is InChI=1S/C12H21N2O2PS/c1-7-17(18,15-6)16-10-8-9(2)13-11(14-10)12(3,4)5/h8H,7H2,1-6H3. The molecule has 1 aromatic heterocycles. The van der Waals surface area contributed by atoms with E-state index in [-0.39, 0.29) is 5.41 Å². The molecular formula is C12H21N2O2PS. The average Bonchev–Trinajstić information content (AvgIpc) is 2.27. The van der Waals surface area contributed by atoms with E-state index < -0.39 is 6.49 Å². The van der Waals surface area contributed by atoms with Crippen molar-refractivity contribution in [3.05, 3.63) is 17.6 Å². The lowest BCUT2D eigenvalue weighted by Gasteiger charge is -2.21. The van der Waals surface area contributed by atoms with Gasteiger partial charge in [-0.05, 0) is 18.7 Å². The van der Waals surface area contributed by atoms with Gasteiger partial charge in [0.2, 0.25) is 12.4 Å². The largest absolute Gasteiger partial charge is 0.425 e. The third-order valence-corrected chi connectivity index (χ3v) is 5.64. The molecule has 0 radical (unpaired) electrons. The van der Waals surface area contributed by atoms with Crippen LogP contribution >= 0.6 is 6.49 Å². The van der Waals surface area contributed by atoms with Crippen LogP contribution in [0, 0.1) is 6.92 Å². The molecule has 0 spiro atoms. The molecule has 0 saturated carbocycles. The lowest BCUT2D eigenvalue weighted by atomic mass is 9.96. The summed E-state index contributed by atoms with van der Waals surface area (Å²) in [6, 6.07) is 1.80. The van der Waals surface area contributed by atoms with Crippen LogP contribution in [-0.2, 0) is 21.7 Å². The molecule has 4 nitrogen and oxygen atoms in total. The molecule has 1 aromatic rings. The highest BCUT2D eigenvalue weighted by molar-refractivity contribution is 8.10. The molecule has 0 N–H and O–H groups in total. The fourth-order valence-corrected chi connectivity index (χ4v) is 2.36. The number of aryl methyl sites for hydroxylation is 1. The van der Waals surface area contributed by atoms with Crippen LogP contribution in [0.15, 0.2) is 6.07 Å². The molecule has 0 bridgehead atoms. The Hall–Kier alpha value is -0.510. The van der Waals surface area contributed by atoms with E-state index in [1.54, 1.807) is 13.2 Å². The number of aromatic nitrogens is 2. The summed E-state index contributed by atoms with van der Waals surface area (Å²) in [5, 5.41) is 0. The minimum absolute atomic E-state index is 0.119. The maximum absolute atomic E-state index is 5.77. The predicted octanol–water partition coefficient (Wildman–Crippen LogP) is 3.44. The first-order valence-electron chi connectivity index (χ1n) is 5.91. The van der Waals surface area contributed by atoms with E-state index >= 15 is 0 Å². The van der Waals surface area contributed by atoms with E-state index in [1.165, 1.54) is 0 Å². The highest BCUT2D eigenvalue weighted by atomic mass is 32.5. The van der Waals surface area contributed by atoms with Gasteiger partial charge in [0.15, 0.2) is 0 Å². The molecule has 0 aliphatic heterocycles. The summed E-state index contributed by atoms with van der Waals surface area (Å²) in [6.45, 7) is 7.83. The van der Waals surface area contributed by atoms with Crippen molar-refractivity contribution in [3.63, 3.8) is 0 Å². The Morgan fingerprint density at radius 1 is 1.33 bits per heavy atom. The summed E-state index contributed by atoms with van der Waals surface area (Å²) in [7, 11) is 1.59. The summed E-state index contributed by atoms with van der Waals surface area (Å²) in [4.78, 5) is 8.87. The number of rotatable bonds is 4. The van der Waals surface area contributed by atoms with Crippen LogP contribution in [0.2, 0.25) is 0 Å². The van der Waals surface area contributed by atoms with E-state index in [0.29, 0.717) is 12.0 Å². The smallest absolute Gasteiger partial charge is 0.239 e. The molecule has 0 saturated heterocycles. The average molecular weight is 288 g/mol. The molecule has 0 aliphatic rings. The summed E-state index contributed by atoms with van der Waals surface area (Å²) in [5.41, 5.74) is 0.755. The fourth-order valence-electron chi connectivity index (χ4n) is 1.30. The normalized spacial score (nSPS) is 15.2. The highest BCUT2D eigenvalue weighted by Crippen LogP contribution is 2.47. The van der Waals surface area contributed by atoms with Crippen LogP contribution in [-0.4, -0.2) is 23.2 Å². The maximum atomic E-state index is 5.77. The van der Waals surface area contributed by atoms with Crippen molar-refractivity contribution >= 4 is 18.3 Å². The Morgan fingerprint density at radius 2 is 1.94 bits per heavy atom. The zero-order chi connectivity index (χ0) is 14.0. The molecule has 1 unspecified atom stereocenters. The molecule has 1 rings (SSSR count). The van der Waals surface area contributed by atoms with Crippen molar-refractivity contribution in [2.75, 3.05) is 13.3 Å². The van der Waals surface area contributed by atoms with Gasteiger partial charge in [-0.25, -0.2) is 4.98 Å². The lowest BCUT2D eigenvalue weighted by molar-refractivity contribution is 0.385. The van der Waals surface area contributed by atoms with Gasteiger partial charge in [0.05, 0.1) is 0 Å². The van der Waals surface area contributed by atoms with E-state index in [0.717, 1.165) is 11.5 Å². The van der Waals surface area contributed by atoms with Crippen molar-refractivity contribution in [2.45, 2.75) is 40.0 Å². The number of nitrogens with zero attached hydrogens (tertiary/aromatic N) is 2. The van der Waals surface area contributed by atoms with Gasteiger partial charge >= 0.3 is 0 Å². The van der Waals surface area contributed by atoms with Crippen molar-refractivity contribution in [1.29, 1.82) is 0 Å². The van der Waals surface area contributed by atoms with Gasteiger partial charge in [-0.1, -0.05) is 27.7 Å². The molecule has 102 valence electrons. The Kier molecular flexibility index (Phi) is 4.87. The highest BCUT2D eigenvalue weighted by Gasteiger charge is 2.22. The van der Waals surface area contributed by atoms with Gasteiger partial charge in [-0.15, -0.1) is 0 Å². The SMILES string of the molecule is CCP(=S)(OC)Oc1cc(C)nc(C(C)(C)C)n1. The monoisotopic (exact) mass is 288 g/mol. The van der Waals surface area contributed by atoms with Crippen LogP contribution in [0.1, 0.15) is 39.2 Å². The number of hydrogen-bond acceptors (Lipinski definition) is 5. The topological polar surface area (TPSA) is 44.2 Å². The molecule has 6 heteroatoms. The summed E-state index contributed by atoms with van der Waals surface area (Å²) in [6.07, 6.45) is 0.673. The van der Waals surface area contributed by atoms with Gasteiger partial charge in [0.25, 0.3) is 0 Å². The molecule has 1 atom stereocenters. The fraction of sp³-hybridized carbons (Fsp3) is 0.667. The zero-order valence-electron chi connectivity index (χ0n) is 11.9. The predicted molar refractivity (Wildman–Crippen MR) is 77.9 cm³/mol. The van der Waals surface area contributed by atoms with Crippen LogP contribution < -0.4 is 4.52 Å². The molecule has 0 fully saturated rings. The summed E-state index contributed by atoms with van der Waals surface area (Å²) in [5.74, 6) is 1.27. The van der Waals surface area contributed by atoms with Crippen molar-refractivity contribution in [1.82, 2.24) is 9.97 Å². The molecule has 18 heavy (non-hydrogen) atoms. The Morgan fingerprint density at radius 3 is 2.39 bits per heavy atom.